The fraction of sp³-hybridized carbons (Fsp3) is 0.111. The average molecular weight is 236 g/mol. The van der Waals surface area contributed by atoms with Crippen LogP contribution in [0.25, 0.3) is 0 Å². The Morgan fingerprint density at radius 3 is 3.12 bits per heavy atom. The lowest BCUT2D eigenvalue weighted by atomic mass is 10.3. The van der Waals surface area contributed by atoms with Crippen molar-refractivity contribution in [3.05, 3.63) is 46.2 Å². The van der Waals surface area contributed by atoms with E-state index in [0.29, 0.717) is 5.76 Å². The third-order valence-electron chi connectivity index (χ3n) is 2.04. The van der Waals surface area contributed by atoms with Crippen molar-refractivity contribution in [3.63, 3.8) is 0 Å². The van der Waals surface area contributed by atoms with Gasteiger partial charge in [-0.15, -0.1) is 0 Å². The van der Waals surface area contributed by atoms with E-state index in [9.17, 15) is 14.9 Å². The highest BCUT2D eigenvalue weighted by molar-refractivity contribution is 5.95. The molecule has 0 aromatic carbocycles. The molecule has 0 aliphatic carbocycles. The summed E-state index contributed by atoms with van der Waals surface area (Å²) in [5.41, 5.74) is -0.608. The second-order valence-electron chi connectivity index (χ2n) is 3.14. The number of aromatic nitrogens is 2. The number of nitrogens with zero attached hydrogens (tertiary/aromatic N) is 2. The summed E-state index contributed by atoms with van der Waals surface area (Å²) in [5.74, 6) is -0.0779. The molecule has 17 heavy (non-hydrogen) atoms. The molecule has 1 amide bonds. The zero-order chi connectivity index (χ0) is 12.3. The van der Waals surface area contributed by atoms with E-state index < -0.39 is 10.8 Å². The Morgan fingerprint density at radius 1 is 1.65 bits per heavy atom. The minimum Gasteiger partial charge on any atom is -0.467 e. The Bertz CT molecular complexity index is 531. The van der Waals surface area contributed by atoms with Gasteiger partial charge in [-0.2, -0.15) is 5.10 Å². The van der Waals surface area contributed by atoms with Crippen LogP contribution in [0.1, 0.15) is 16.2 Å². The van der Waals surface area contributed by atoms with Crippen LogP contribution in [0.4, 0.5) is 5.69 Å². The lowest BCUT2D eigenvalue weighted by Gasteiger charge is -1.99. The standard InChI is InChI=1S/C9H8N4O4/c14-9(10-4-6-2-1-3-17-6)8-7(13(15)16)5-11-12-8/h1-3,5H,4H2,(H,10,14)(H,11,12). The molecular weight excluding hydrogens is 228 g/mol. The fourth-order valence-electron chi connectivity index (χ4n) is 1.25. The summed E-state index contributed by atoms with van der Waals surface area (Å²) in [7, 11) is 0. The first-order chi connectivity index (χ1) is 8.18. The second kappa shape index (κ2) is 4.47. The lowest BCUT2D eigenvalue weighted by molar-refractivity contribution is -0.385. The summed E-state index contributed by atoms with van der Waals surface area (Å²) in [5, 5.41) is 18.8. The van der Waals surface area contributed by atoms with E-state index in [2.05, 4.69) is 15.5 Å². The highest BCUT2D eigenvalue weighted by atomic mass is 16.6. The van der Waals surface area contributed by atoms with Crippen molar-refractivity contribution in [2.45, 2.75) is 6.54 Å². The number of aromatic amines is 1. The molecule has 0 spiro atoms. The van der Waals surface area contributed by atoms with Gasteiger partial charge in [0.2, 0.25) is 5.69 Å². The number of carbonyl (C=O) groups is 1. The van der Waals surface area contributed by atoms with E-state index in [0.717, 1.165) is 6.20 Å². The van der Waals surface area contributed by atoms with Gasteiger partial charge in [-0.05, 0) is 12.1 Å². The summed E-state index contributed by atoms with van der Waals surface area (Å²) >= 11 is 0. The SMILES string of the molecule is O=C(NCc1ccco1)c1n[nH]cc1[N+](=O)[O-]. The van der Waals surface area contributed by atoms with Crippen LogP contribution in [-0.2, 0) is 6.54 Å². The maximum atomic E-state index is 11.6. The fourth-order valence-corrected chi connectivity index (χ4v) is 1.25. The summed E-state index contributed by atoms with van der Waals surface area (Å²) in [6, 6.07) is 3.36. The highest BCUT2D eigenvalue weighted by Gasteiger charge is 2.23. The van der Waals surface area contributed by atoms with Crippen LogP contribution in [0, 0.1) is 10.1 Å². The molecule has 8 heteroatoms. The molecule has 88 valence electrons. The van der Waals surface area contributed by atoms with Crippen molar-refractivity contribution in [1.82, 2.24) is 15.5 Å². The molecule has 0 aliphatic heterocycles. The van der Waals surface area contributed by atoms with Gasteiger partial charge in [0, 0.05) is 0 Å². The number of hydrogen-bond acceptors (Lipinski definition) is 5. The minimum absolute atomic E-state index is 0.149. The first-order valence-electron chi connectivity index (χ1n) is 4.67. The van der Waals surface area contributed by atoms with Crippen LogP contribution in [0.15, 0.2) is 29.0 Å². The van der Waals surface area contributed by atoms with Crippen LogP contribution >= 0.6 is 0 Å². The van der Waals surface area contributed by atoms with E-state index in [-0.39, 0.29) is 17.9 Å². The molecule has 0 fully saturated rings. The molecule has 0 radical (unpaired) electrons. The molecule has 2 rings (SSSR count). The van der Waals surface area contributed by atoms with Crippen molar-refractivity contribution < 1.29 is 14.1 Å². The first-order valence-corrected chi connectivity index (χ1v) is 4.67. The van der Waals surface area contributed by atoms with Crippen LogP contribution in [0.5, 0.6) is 0 Å². The molecule has 0 saturated heterocycles. The van der Waals surface area contributed by atoms with Crippen molar-refractivity contribution in [2.75, 3.05) is 0 Å². The smallest absolute Gasteiger partial charge is 0.319 e. The number of furan rings is 1. The molecule has 0 bridgehead atoms. The third-order valence-corrected chi connectivity index (χ3v) is 2.04. The maximum Gasteiger partial charge on any atom is 0.319 e. The Labute approximate surface area is 94.8 Å². The predicted molar refractivity (Wildman–Crippen MR) is 55.1 cm³/mol. The number of nitrogens with one attached hydrogen (secondary N) is 2. The van der Waals surface area contributed by atoms with Crippen LogP contribution in [0.3, 0.4) is 0 Å². The molecule has 2 N–H and O–H groups in total. The Balaban J connectivity index is 2.04. The van der Waals surface area contributed by atoms with Gasteiger partial charge in [0.15, 0.2) is 0 Å². The highest BCUT2D eigenvalue weighted by Crippen LogP contribution is 2.14. The van der Waals surface area contributed by atoms with Gasteiger partial charge < -0.3 is 9.73 Å². The molecule has 0 unspecified atom stereocenters. The molecule has 2 aromatic heterocycles. The van der Waals surface area contributed by atoms with Crippen molar-refractivity contribution >= 4 is 11.6 Å². The van der Waals surface area contributed by atoms with Crippen molar-refractivity contribution in [3.8, 4) is 0 Å². The molecule has 2 heterocycles. The number of nitro groups is 1. The molecule has 0 atom stereocenters. The molecular formula is C9H8N4O4. The van der Waals surface area contributed by atoms with E-state index in [1.807, 2.05) is 0 Å². The Kier molecular flexibility index (Phi) is 2.86. The number of carbonyl (C=O) groups excluding carboxylic acids is 1. The number of amides is 1. The van der Waals surface area contributed by atoms with Gasteiger partial charge in [-0.25, -0.2) is 0 Å². The first kappa shape index (κ1) is 10.9. The zero-order valence-corrected chi connectivity index (χ0v) is 8.54. The lowest BCUT2D eigenvalue weighted by Crippen LogP contribution is -2.23. The van der Waals surface area contributed by atoms with Crippen LogP contribution < -0.4 is 5.32 Å². The molecule has 8 nitrogen and oxygen atoms in total. The third kappa shape index (κ3) is 2.30. The molecule has 0 saturated carbocycles. The van der Waals surface area contributed by atoms with E-state index in [1.165, 1.54) is 6.26 Å². The van der Waals surface area contributed by atoms with Gasteiger partial charge in [0.25, 0.3) is 5.91 Å². The summed E-state index contributed by atoms with van der Waals surface area (Å²) in [4.78, 5) is 21.5. The minimum atomic E-state index is -0.675. The van der Waals surface area contributed by atoms with Crippen LogP contribution in [0.2, 0.25) is 0 Å². The van der Waals surface area contributed by atoms with Crippen molar-refractivity contribution in [2.24, 2.45) is 0 Å². The van der Waals surface area contributed by atoms with E-state index >= 15 is 0 Å². The monoisotopic (exact) mass is 236 g/mol. The summed E-state index contributed by atoms with van der Waals surface area (Å²) in [6.07, 6.45) is 2.53. The quantitative estimate of drug-likeness (QED) is 0.603. The van der Waals surface area contributed by atoms with Gasteiger partial charge in [-0.3, -0.25) is 20.0 Å². The van der Waals surface area contributed by atoms with Gasteiger partial charge in [0.1, 0.15) is 12.0 Å². The number of hydrogen-bond donors (Lipinski definition) is 2. The van der Waals surface area contributed by atoms with Crippen molar-refractivity contribution in [1.29, 1.82) is 0 Å². The largest absolute Gasteiger partial charge is 0.467 e. The molecule has 0 aliphatic rings. The predicted octanol–water partition coefficient (Wildman–Crippen LogP) is 0.841. The van der Waals surface area contributed by atoms with Gasteiger partial charge in [0.05, 0.1) is 17.7 Å². The number of rotatable bonds is 4. The van der Waals surface area contributed by atoms with Crippen LogP contribution in [-0.4, -0.2) is 21.0 Å². The second-order valence-corrected chi connectivity index (χ2v) is 3.14. The Hall–Kier alpha value is -2.64. The maximum absolute atomic E-state index is 11.6. The Morgan fingerprint density at radius 2 is 2.47 bits per heavy atom. The average Bonchev–Trinajstić information content (AvgIpc) is 2.96. The topological polar surface area (TPSA) is 114 Å². The summed E-state index contributed by atoms with van der Waals surface area (Å²) in [6.45, 7) is 0.149. The van der Waals surface area contributed by atoms with Gasteiger partial charge in [-0.1, -0.05) is 0 Å². The number of H-pyrrole nitrogens is 1. The van der Waals surface area contributed by atoms with E-state index in [4.69, 9.17) is 4.42 Å². The van der Waals surface area contributed by atoms with E-state index in [1.54, 1.807) is 12.1 Å². The van der Waals surface area contributed by atoms with Gasteiger partial charge >= 0.3 is 5.69 Å². The zero-order valence-electron chi connectivity index (χ0n) is 8.54. The normalized spacial score (nSPS) is 10.1. The molecule has 2 aromatic rings. The summed E-state index contributed by atoms with van der Waals surface area (Å²) < 4.78 is 5.00.